The molecule has 0 bridgehead atoms. The van der Waals surface area contributed by atoms with Gasteiger partial charge in [0.1, 0.15) is 5.58 Å². The van der Waals surface area contributed by atoms with Gasteiger partial charge in [0.25, 0.3) is 0 Å². The molecule has 1 unspecified atom stereocenters. The molecule has 2 aromatic carbocycles. The summed E-state index contributed by atoms with van der Waals surface area (Å²) in [5.74, 6) is 0.692. The lowest BCUT2D eigenvalue weighted by Gasteiger charge is -2.36. The summed E-state index contributed by atoms with van der Waals surface area (Å²) in [4.78, 5) is 15.6. The molecule has 1 atom stereocenters. The Kier molecular flexibility index (Phi) is 6.11. The minimum atomic E-state index is -0.104. The van der Waals surface area contributed by atoms with Crippen LogP contribution in [0.4, 0.5) is 5.88 Å². The molecule has 5 nitrogen and oxygen atoms in total. The maximum absolute atomic E-state index is 13.1. The van der Waals surface area contributed by atoms with Crippen molar-refractivity contribution in [3.63, 3.8) is 0 Å². The molecule has 4 rings (SSSR count). The predicted molar refractivity (Wildman–Crippen MR) is 123 cm³/mol. The number of likely N-dealkylation sites (tertiary alicyclic amines) is 1. The third-order valence-electron chi connectivity index (χ3n) is 6.54. The molecule has 0 radical (unpaired) electrons. The minimum Gasteiger partial charge on any atom is -0.441 e. The monoisotopic (exact) mass is 415 g/mol. The van der Waals surface area contributed by atoms with Crippen molar-refractivity contribution in [1.29, 1.82) is 5.26 Å². The average Bonchev–Trinajstić information content (AvgIpc) is 3.13. The number of carbonyl (C=O) groups excluding carboxylic acids is 1. The Balaban J connectivity index is 1.61. The number of nitrogens with two attached hydrogens (primary N) is 1. The van der Waals surface area contributed by atoms with E-state index in [1.165, 1.54) is 12.8 Å². The van der Waals surface area contributed by atoms with Crippen molar-refractivity contribution in [2.45, 2.75) is 51.5 Å². The van der Waals surface area contributed by atoms with E-state index in [2.05, 4.69) is 24.8 Å². The number of anilines is 1. The van der Waals surface area contributed by atoms with Crippen LogP contribution in [0.25, 0.3) is 11.0 Å². The number of ketones is 1. The Morgan fingerprint density at radius 2 is 1.97 bits per heavy atom. The summed E-state index contributed by atoms with van der Waals surface area (Å²) >= 11 is 0. The van der Waals surface area contributed by atoms with Crippen LogP contribution in [0, 0.1) is 11.3 Å². The van der Waals surface area contributed by atoms with Crippen LogP contribution in [0.15, 0.2) is 46.9 Å². The van der Waals surface area contributed by atoms with Crippen LogP contribution in [0.3, 0.4) is 0 Å². The van der Waals surface area contributed by atoms with E-state index in [0.29, 0.717) is 34.5 Å². The Hall–Kier alpha value is -3.10. The lowest BCUT2D eigenvalue weighted by Crippen LogP contribution is -2.39. The zero-order valence-electron chi connectivity index (χ0n) is 18.2. The van der Waals surface area contributed by atoms with Gasteiger partial charge in [0, 0.05) is 28.1 Å². The molecule has 160 valence electrons. The van der Waals surface area contributed by atoms with Gasteiger partial charge in [-0.15, -0.1) is 0 Å². The average molecular weight is 416 g/mol. The first-order valence-corrected chi connectivity index (χ1v) is 11.1. The van der Waals surface area contributed by atoms with Gasteiger partial charge < -0.3 is 15.1 Å². The summed E-state index contributed by atoms with van der Waals surface area (Å²) in [5, 5.41) is 10.1. The van der Waals surface area contributed by atoms with Crippen LogP contribution in [0.1, 0.15) is 72.5 Å². The molecule has 0 saturated carbocycles. The fraction of sp³-hybridized carbons (Fsp3) is 0.385. The highest BCUT2D eigenvalue weighted by Gasteiger charge is 2.28. The van der Waals surface area contributed by atoms with Gasteiger partial charge in [0.2, 0.25) is 0 Å². The molecule has 1 aliphatic heterocycles. The molecular weight excluding hydrogens is 386 g/mol. The van der Waals surface area contributed by atoms with Crippen LogP contribution in [-0.4, -0.2) is 29.8 Å². The minimum absolute atomic E-state index is 0.104. The number of hydrogen-bond acceptors (Lipinski definition) is 5. The molecule has 0 spiro atoms. The van der Waals surface area contributed by atoms with Crippen LogP contribution in [-0.2, 0) is 0 Å². The lowest BCUT2D eigenvalue weighted by atomic mass is 9.87. The van der Waals surface area contributed by atoms with Gasteiger partial charge >= 0.3 is 0 Å². The molecular formula is C26H29N3O2. The Labute approximate surface area is 183 Å². The van der Waals surface area contributed by atoms with Crippen LogP contribution in [0.2, 0.25) is 0 Å². The van der Waals surface area contributed by atoms with E-state index in [9.17, 15) is 4.79 Å². The van der Waals surface area contributed by atoms with Crippen LogP contribution < -0.4 is 5.73 Å². The van der Waals surface area contributed by atoms with Crippen molar-refractivity contribution >= 4 is 22.6 Å². The number of nitrogen functional groups attached to an aromatic ring is 1. The second-order valence-corrected chi connectivity index (χ2v) is 8.56. The highest BCUT2D eigenvalue weighted by Crippen LogP contribution is 2.40. The van der Waals surface area contributed by atoms with Gasteiger partial charge in [-0.3, -0.25) is 4.79 Å². The molecule has 2 N–H and O–H groups in total. The number of hydrogen-bond donors (Lipinski definition) is 1. The van der Waals surface area contributed by atoms with Crippen molar-refractivity contribution in [1.82, 2.24) is 4.90 Å². The van der Waals surface area contributed by atoms with Crippen molar-refractivity contribution < 1.29 is 9.21 Å². The number of furan rings is 1. The zero-order valence-corrected chi connectivity index (χ0v) is 18.2. The normalized spacial score (nSPS) is 16.3. The molecule has 2 heterocycles. The number of benzene rings is 2. The third-order valence-corrected chi connectivity index (χ3v) is 6.54. The van der Waals surface area contributed by atoms with Crippen LogP contribution in [0.5, 0.6) is 0 Å². The maximum Gasteiger partial charge on any atom is 0.195 e. The third kappa shape index (κ3) is 4.22. The lowest BCUT2D eigenvalue weighted by molar-refractivity contribution is 0.103. The first kappa shape index (κ1) is 21.1. The van der Waals surface area contributed by atoms with Gasteiger partial charge in [0.05, 0.1) is 11.6 Å². The molecule has 1 aromatic heterocycles. The van der Waals surface area contributed by atoms with Gasteiger partial charge in [-0.25, -0.2) is 0 Å². The molecule has 5 heteroatoms. The Morgan fingerprint density at radius 3 is 2.68 bits per heavy atom. The van der Waals surface area contributed by atoms with Crippen molar-refractivity contribution in [2.24, 2.45) is 0 Å². The molecule has 1 saturated heterocycles. The highest BCUT2D eigenvalue weighted by molar-refractivity contribution is 6.11. The van der Waals surface area contributed by atoms with E-state index in [0.717, 1.165) is 42.5 Å². The van der Waals surface area contributed by atoms with E-state index in [1.54, 1.807) is 30.3 Å². The van der Waals surface area contributed by atoms with Gasteiger partial charge in [0.15, 0.2) is 11.7 Å². The number of piperidine rings is 1. The van der Waals surface area contributed by atoms with E-state index in [-0.39, 0.29) is 5.78 Å². The Morgan fingerprint density at radius 1 is 1.23 bits per heavy atom. The SMILES string of the molecule is CCCC(C)N1CCC(c2c(N)oc3ccc(C(=O)c4cccc(C#N)c4)cc23)CC1. The highest BCUT2D eigenvalue weighted by atomic mass is 16.3. The number of nitrogens with zero attached hydrogens (tertiary/aromatic N) is 2. The summed E-state index contributed by atoms with van der Waals surface area (Å²) in [5.41, 5.74) is 9.63. The predicted octanol–water partition coefficient (Wildman–Crippen LogP) is 5.49. The zero-order chi connectivity index (χ0) is 22.0. The smallest absolute Gasteiger partial charge is 0.195 e. The number of fused-ring (bicyclic) bond motifs is 1. The van der Waals surface area contributed by atoms with E-state index < -0.39 is 0 Å². The second kappa shape index (κ2) is 8.95. The van der Waals surface area contributed by atoms with Crippen molar-refractivity contribution in [3.8, 4) is 6.07 Å². The first-order valence-electron chi connectivity index (χ1n) is 11.1. The van der Waals surface area contributed by atoms with E-state index in [4.69, 9.17) is 15.4 Å². The van der Waals surface area contributed by atoms with E-state index >= 15 is 0 Å². The number of carbonyl (C=O) groups is 1. The second-order valence-electron chi connectivity index (χ2n) is 8.56. The quantitative estimate of drug-likeness (QED) is 0.539. The molecule has 3 aromatic rings. The first-order chi connectivity index (χ1) is 15.0. The topological polar surface area (TPSA) is 83.3 Å². The molecule has 1 fully saturated rings. The maximum atomic E-state index is 13.1. The van der Waals surface area contributed by atoms with Gasteiger partial charge in [-0.05, 0) is 75.5 Å². The standard InChI is InChI=1S/C26H29N3O2/c1-3-5-17(2)29-12-10-19(11-13-29)24-22-15-21(8-9-23(22)31-26(24)28)25(30)20-7-4-6-18(14-20)16-27/h4,6-9,14-15,17,19H,3,5,10-13,28H2,1-2H3. The summed E-state index contributed by atoms with van der Waals surface area (Å²) in [6.45, 7) is 6.65. The molecule has 31 heavy (non-hydrogen) atoms. The Bertz CT molecular complexity index is 1130. The fourth-order valence-corrected chi connectivity index (χ4v) is 4.82. The summed E-state index contributed by atoms with van der Waals surface area (Å²) in [6.07, 6.45) is 4.50. The fourth-order valence-electron chi connectivity index (χ4n) is 4.82. The summed E-state index contributed by atoms with van der Waals surface area (Å²) < 4.78 is 5.85. The van der Waals surface area contributed by atoms with Gasteiger partial charge in [-0.1, -0.05) is 25.5 Å². The van der Waals surface area contributed by atoms with Crippen molar-refractivity contribution in [2.75, 3.05) is 18.8 Å². The van der Waals surface area contributed by atoms with Crippen LogP contribution >= 0.6 is 0 Å². The molecule has 0 aliphatic carbocycles. The summed E-state index contributed by atoms with van der Waals surface area (Å²) in [7, 11) is 0. The summed E-state index contributed by atoms with van der Waals surface area (Å²) in [6, 6.07) is 15.0. The number of nitriles is 1. The van der Waals surface area contributed by atoms with Crippen molar-refractivity contribution in [3.05, 3.63) is 64.7 Å². The molecule has 1 aliphatic rings. The van der Waals surface area contributed by atoms with Gasteiger partial charge in [-0.2, -0.15) is 5.26 Å². The largest absolute Gasteiger partial charge is 0.441 e. The number of rotatable bonds is 6. The molecule has 0 amide bonds. The van der Waals surface area contributed by atoms with E-state index in [1.807, 2.05) is 12.1 Å².